The van der Waals surface area contributed by atoms with E-state index in [2.05, 4.69) is 22.6 Å². The number of hydrogen-bond acceptors (Lipinski definition) is 3. The number of urea groups is 1. The fourth-order valence-corrected chi connectivity index (χ4v) is 3.55. The zero-order valence-electron chi connectivity index (χ0n) is 15.0. The van der Waals surface area contributed by atoms with Gasteiger partial charge in [0.1, 0.15) is 0 Å². The van der Waals surface area contributed by atoms with E-state index in [1.807, 2.05) is 17.0 Å². The maximum atomic E-state index is 12.8. The minimum atomic E-state index is -0.217. The third-order valence-electron chi connectivity index (χ3n) is 5.14. The smallest absolute Gasteiger partial charge is 0.319 e. The molecule has 25 heavy (non-hydrogen) atoms. The van der Waals surface area contributed by atoms with Crippen LogP contribution < -0.4 is 10.6 Å². The Morgan fingerprint density at radius 3 is 2.40 bits per heavy atom. The average molecular weight is 344 g/mol. The minimum absolute atomic E-state index is 0.0123. The second-order valence-electron chi connectivity index (χ2n) is 7.07. The molecular formula is C19H28N4O2. The first-order valence-electron chi connectivity index (χ1n) is 9.28. The predicted molar refractivity (Wildman–Crippen MR) is 98.9 cm³/mol. The first kappa shape index (κ1) is 17.7. The van der Waals surface area contributed by atoms with Crippen LogP contribution in [0, 0.1) is 0 Å². The Balaban J connectivity index is 1.63. The maximum Gasteiger partial charge on any atom is 0.319 e. The fourth-order valence-electron chi connectivity index (χ4n) is 3.55. The highest BCUT2D eigenvalue weighted by Crippen LogP contribution is 2.20. The van der Waals surface area contributed by atoms with E-state index in [4.69, 9.17) is 0 Å². The summed E-state index contributed by atoms with van der Waals surface area (Å²) in [5.74, 6) is -0.0123. The van der Waals surface area contributed by atoms with Gasteiger partial charge in [-0.15, -0.1) is 0 Å². The molecule has 1 saturated carbocycles. The van der Waals surface area contributed by atoms with Crippen molar-refractivity contribution >= 4 is 17.6 Å². The van der Waals surface area contributed by atoms with Crippen LogP contribution in [0.5, 0.6) is 0 Å². The minimum Gasteiger partial charge on any atom is -0.336 e. The Labute approximate surface area is 149 Å². The molecule has 1 aliphatic heterocycles. The summed E-state index contributed by atoms with van der Waals surface area (Å²) < 4.78 is 0. The Kier molecular flexibility index (Phi) is 5.91. The molecule has 0 bridgehead atoms. The van der Waals surface area contributed by atoms with Crippen molar-refractivity contribution in [1.82, 2.24) is 15.1 Å². The second kappa shape index (κ2) is 8.34. The first-order chi connectivity index (χ1) is 12.1. The van der Waals surface area contributed by atoms with Crippen molar-refractivity contribution in [2.45, 2.75) is 38.1 Å². The largest absolute Gasteiger partial charge is 0.336 e. The topological polar surface area (TPSA) is 64.7 Å². The molecule has 1 saturated heterocycles. The van der Waals surface area contributed by atoms with Crippen molar-refractivity contribution in [3.05, 3.63) is 29.8 Å². The van der Waals surface area contributed by atoms with Crippen LogP contribution in [0.15, 0.2) is 24.3 Å². The number of amides is 3. The van der Waals surface area contributed by atoms with Gasteiger partial charge in [-0.25, -0.2) is 4.79 Å². The molecule has 0 spiro atoms. The molecule has 1 aliphatic carbocycles. The number of nitrogens with one attached hydrogen (secondary N) is 2. The molecule has 1 heterocycles. The number of piperazine rings is 1. The second-order valence-corrected chi connectivity index (χ2v) is 7.07. The molecule has 3 rings (SSSR count). The van der Waals surface area contributed by atoms with Crippen molar-refractivity contribution in [3.8, 4) is 0 Å². The molecule has 0 radical (unpaired) electrons. The number of benzene rings is 1. The molecule has 1 aromatic rings. The Bertz CT molecular complexity index is 605. The number of carbonyl (C=O) groups is 2. The molecule has 0 unspecified atom stereocenters. The number of carbonyl (C=O) groups excluding carboxylic acids is 2. The predicted octanol–water partition coefficient (Wildman–Crippen LogP) is 2.53. The number of hydrogen-bond donors (Lipinski definition) is 2. The molecule has 0 atom stereocenters. The van der Waals surface area contributed by atoms with Crippen molar-refractivity contribution in [1.29, 1.82) is 0 Å². The van der Waals surface area contributed by atoms with E-state index in [-0.39, 0.29) is 18.0 Å². The lowest BCUT2D eigenvalue weighted by molar-refractivity contribution is 0.0665. The van der Waals surface area contributed by atoms with Crippen LogP contribution in [0.25, 0.3) is 0 Å². The van der Waals surface area contributed by atoms with E-state index < -0.39 is 0 Å². The van der Waals surface area contributed by atoms with Gasteiger partial charge in [-0.05, 0) is 32.0 Å². The van der Waals surface area contributed by atoms with Crippen LogP contribution in [0.1, 0.15) is 42.5 Å². The molecule has 2 N–H and O–H groups in total. The zero-order valence-corrected chi connectivity index (χ0v) is 15.0. The molecule has 136 valence electrons. The van der Waals surface area contributed by atoms with Gasteiger partial charge in [-0.1, -0.05) is 31.4 Å². The number of rotatable bonds is 3. The van der Waals surface area contributed by atoms with Crippen molar-refractivity contribution in [3.63, 3.8) is 0 Å². The normalized spacial score (nSPS) is 19.5. The van der Waals surface area contributed by atoms with E-state index in [1.54, 1.807) is 12.1 Å². The molecular weight excluding hydrogens is 316 g/mol. The quantitative estimate of drug-likeness (QED) is 0.886. The lowest BCUT2D eigenvalue weighted by Gasteiger charge is -2.32. The van der Waals surface area contributed by atoms with Crippen LogP contribution in [-0.2, 0) is 0 Å². The molecule has 0 aromatic heterocycles. The van der Waals surface area contributed by atoms with Gasteiger partial charge in [0.25, 0.3) is 5.91 Å². The van der Waals surface area contributed by atoms with Gasteiger partial charge >= 0.3 is 6.03 Å². The maximum absolute atomic E-state index is 12.8. The van der Waals surface area contributed by atoms with Crippen molar-refractivity contribution in [2.24, 2.45) is 0 Å². The van der Waals surface area contributed by atoms with E-state index in [1.165, 1.54) is 19.3 Å². The van der Waals surface area contributed by atoms with Gasteiger partial charge in [0, 0.05) is 32.2 Å². The third kappa shape index (κ3) is 4.72. The lowest BCUT2D eigenvalue weighted by atomic mass is 9.96. The van der Waals surface area contributed by atoms with E-state index in [9.17, 15) is 9.59 Å². The van der Waals surface area contributed by atoms with E-state index in [0.29, 0.717) is 11.3 Å². The van der Waals surface area contributed by atoms with Gasteiger partial charge < -0.3 is 20.4 Å². The van der Waals surface area contributed by atoms with E-state index >= 15 is 0 Å². The van der Waals surface area contributed by atoms with Gasteiger partial charge in [0.15, 0.2) is 0 Å². The van der Waals surface area contributed by atoms with Gasteiger partial charge in [-0.2, -0.15) is 0 Å². The Morgan fingerprint density at radius 2 is 1.68 bits per heavy atom. The fraction of sp³-hybridized carbons (Fsp3) is 0.579. The summed E-state index contributed by atoms with van der Waals surface area (Å²) in [5, 5.41) is 5.92. The molecule has 3 amide bonds. The Hall–Kier alpha value is -2.08. The monoisotopic (exact) mass is 344 g/mol. The summed E-state index contributed by atoms with van der Waals surface area (Å²) in [4.78, 5) is 29.2. The first-order valence-corrected chi connectivity index (χ1v) is 9.28. The number of anilines is 1. The van der Waals surface area contributed by atoms with Crippen molar-refractivity contribution < 1.29 is 9.59 Å². The summed E-state index contributed by atoms with van der Waals surface area (Å²) in [5.41, 5.74) is 1.14. The number of nitrogens with zero attached hydrogens (tertiary/aromatic N) is 2. The summed E-state index contributed by atoms with van der Waals surface area (Å²) in [6, 6.07) is 7.30. The summed E-state index contributed by atoms with van der Waals surface area (Å²) >= 11 is 0. The summed E-state index contributed by atoms with van der Waals surface area (Å²) in [7, 11) is 2.06. The lowest BCUT2D eigenvalue weighted by Crippen LogP contribution is -2.47. The third-order valence-corrected chi connectivity index (χ3v) is 5.14. The number of likely N-dealkylation sites (N-methyl/N-ethyl adjacent to an activating group) is 1. The number of para-hydroxylation sites is 1. The van der Waals surface area contributed by atoms with Crippen molar-refractivity contribution in [2.75, 3.05) is 38.5 Å². The summed E-state index contributed by atoms with van der Waals surface area (Å²) in [6.07, 6.45) is 5.67. The molecule has 2 fully saturated rings. The summed E-state index contributed by atoms with van der Waals surface area (Å²) in [6.45, 7) is 3.20. The van der Waals surface area contributed by atoms with Gasteiger partial charge in [0.2, 0.25) is 0 Å². The Morgan fingerprint density at radius 1 is 1.00 bits per heavy atom. The van der Waals surface area contributed by atoms with Gasteiger partial charge in [-0.3, -0.25) is 4.79 Å². The van der Waals surface area contributed by atoms with E-state index in [0.717, 1.165) is 39.0 Å². The van der Waals surface area contributed by atoms with Crippen LogP contribution in [-0.4, -0.2) is 61.0 Å². The molecule has 2 aliphatic rings. The van der Waals surface area contributed by atoms with Crippen LogP contribution in [0.2, 0.25) is 0 Å². The van der Waals surface area contributed by atoms with Crippen LogP contribution >= 0.6 is 0 Å². The van der Waals surface area contributed by atoms with Gasteiger partial charge in [0.05, 0.1) is 11.3 Å². The van der Waals surface area contributed by atoms with Crippen LogP contribution in [0.3, 0.4) is 0 Å². The SMILES string of the molecule is CN1CCN(C(=O)c2ccccc2NC(=O)NC2CCCCC2)CC1. The standard InChI is InChI=1S/C19H28N4O2/c1-22-11-13-23(14-12-22)18(24)16-9-5-6-10-17(16)21-19(25)20-15-7-3-2-4-8-15/h5-6,9-10,15H,2-4,7-8,11-14H2,1H3,(H2,20,21,25). The van der Waals surface area contributed by atoms with Crippen LogP contribution in [0.4, 0.5) is 10.5 Å². The molecule has 6 heteroatoms. The highest BCUT2D eigenvalue weighted by atomic mass is 16.2. The molecule has 1 aromatic carbocycles. The average Bonchev–Trinajstić information content (AvgIpc) is 2.63. The highest BCUT2D eigenvalue weighted by Gasteiger charge is 2.23. The molecule has 6 nitrogen and oxygen atoms in total. The zero-order chi connectivity index (χ0) is 17.6. The highest BCUT2D eigenvalue weighted by molar-refractivity contribution is 6.03.